The van der Waals surface area contributed by atoms with E-state index in [-0.39, 0.29) is 55.5 Å². The smallest absolute Gasteiger partial charge is 0.374 e. The number of anilines is 4. The van der Waals surface area contributed by atoms with Gasteiger partial charge in [-0.25, -0.2) is 17.6 Å². The summed E-state index contributed by atoms with van der Waals surface area (Å²) < 4.78 is 98.2. The summed E-state index contributed by atoms with van der Waals surface area (Å²) >= 11 is 6.47. The maximum Gasteiger partial charge on any atom is 0.417 e. The first kappa shape index (κ1) is 33.9. The first-order valence-corrected chi connectivity index (χ1v) is 14.0. The van der Waals surface area contributed by atoms with Gasteiger partial charge in [-0.3, -0.25) is 4.98 Å². The topological polar surface area (TPSA) is 83.9 Å². The van der Waals surface area contributed by atoms with Crippen molar-refractivity contribution in [2.75, 3.05) is 28.7 Å². The second kappa shape index (κ2) is 12.3. The van der Waals surface area contributed by atoms with Crippen LogP contribution in [0.5, 0.6) is 0 Å². The van der Waals surface area contributed by atoms with Crippen LogP contribution in [0.3, 0.4) is 0 Å². The van der Waals surface area contributed by atoms with E-state index < -0.39 is 53.6 Å². The molecule has 4 N–H and O–H groups in total. The molecule has 16 heteroatoms. The predicted molar refractivity (Wildman–Crippen MR) is 167 cm³/mol. The quantitative estimate of drug-likeness (QED) is 0.0863. The van der Waals surface area contributed by atoms with E-state index in [1.807, 2.05) is 0 Å². The van der Waals surface area contributed by atoms with Crippen molar-refractivity contribution < 1.29 is 40.9 Å². The Labute approximate surface area is 270 Å². The van der Waals surface area contributed by atoms with E-state index in [4.69, 9.17) is 19.4 Å². The highest BCUT2D eigenvalue weighted by atomic mass is 35.5. The Morgan fingerprint density at radius 3 is 2.40 bits per heavy atom. The Morgan fingerprint density at radius 2 is 1.79 bits per heavy atom. The summed E-state index contributed by atoms with van der Waals surface area (Å²) in [7, 11) is 6.91. The predicted octanol–water partition coefficient (Wildman–Crippen LogP) is 7.01. The number of alkyl halides is 5. The number of rotatable bonds is 9. The number of nitrogens with one attached hydrogen (secondary N) is 2. The minimum absolute atomic E-state index is 0.0194. The molecule has 0 amide bonds. The average molecular weight is 678 g/mol. The van der Waals surface area contributed by atoms with Crippen LogP contribution in [0.2, 0.25) is 5.02 Å². The Bertz CT molecular complexity index is 1900. The van der Waals surface area contributed by atoms with Crippen LogP contribution in [0.4, 0.5) is 53.5 Å². The highest BCUT2D eigenvalue weighted by molar-refractivity contribution is 6.31. The molecule has 0 saturated carbocycles. The van der Waals surface area contributed by atoms with Crippen molar-refractivity contribution in [3.8, 4) is 0 Å². The van der Waals surface area contributed by atoms with Gasteiger partial charge in [-0.05, 0) is 36.4 Å². The second-order valence-corrected chi connectivity index (χ2v) is 11.1. The number of aromatic nitrogens is 1. The van der Waals surface area contributed by atoms with Crippen LogP contribution in [0.1, 0.15) is 28.3 Å². The highest BCUT2D eigenvalue weighted by Crippen LogP contribution is 2.52. The number of hydrogen-bond donors (Lipinski definition) is 4. The van der Waals surface area contributed by atoms with E-state index in [1.165, 1.54) is 19.2 Å². The van der Waals surface area contributed by atoms with Gasteiger partial charge in [0.25, 0.3) is 6.43 Å². The molecule has 2 radical (unpaired) electrons. The minimum atomic E-state index is -4.94. The summed E-state index contributed by atoms with van der Waals surface area (Å²) in [6.45, 7) is 6.69. The summed E-state index contributed by atoms with van der Waals surface area (Å²) in [5.74, 6) is -5.01. The molecule has 3 aromatic carbocycles. The molecule has 4 aromatic rings. The van der Waals surface area contributed by atoms with Crippen molar-refractivity contribution in [1.29, 1.82) is 0 Å². The van der Waals surface area contributed by atoms with Gasteiger partial charge in [0.05, 0.1) is 41.4 Å². The van der Waals surface area contributed by atoms with Crippen LogP contribution < -0.4 is 20.4 Å². The molecule has 0 fully saturated rings. The largest absolute Gasteiger partial charge is 0.417 e. The van der Waals surface area contributed by atoms with Crippen LogP contribution in [0.25, 0.3) is 16.5 Å². The average Bonchev–Trinajstić information content (AvgIpc) is 3.30. The number of benzene rings is 3. The lowest BCUT2D eigenvalue weighted by atomic mass is 9.91. The molecule has 244 valence electrons. The van der Waals surface area contributed by atoms with E-state index >= 15 is 0 Å². The molecule has 47 heavy (non-hydrogen) atoms. The highest BCUT2D eigenvalue weighted by Gasteiger charge is 2.39. The van der Waals surface area contributed by atoms with Crippen LogP contribution in [-0.4, -0.2) is 48.9 Å². The molecular formula is C31H24BClF7N5O2. The number of pyridine rings is 1. The van der Waals surface area contributed by atoms with Crippen molar-refractivity contribution in [2.24, 2.45) is 0 Å². The maximum atomic E-state index is 14.6. The van der Waals surface area contributed by atoms with Crippen molar-refractivity contribution >= 4 is 58.7 Å². The van der Waals surface area contributed by atoms with E-state index in [0.29, 0.717) is 11.0 Å². The molecule has 1 unspecified atom stereocenters. The molecule has 0 aliphatic carbocycles. The van der Waals surface area contributed by atoms with Crippen molar-refractivity contribution in [3.63, 3.8) is 0 Å². The second-order valence-electron chi connectivity index (χ2n) is 10.7. The SMILES string of the molecule is [B]C(O)(O)N(C=C)c1c(N(C)CC(F)F)cc(Nc2cncc3c(C(F)(F)F)cc(F)cc23)c2c1C(=C)NC2c1cc(F)ccc1Cl. The monoisotopic (exact) mass is 677 g/mol. The molecule has 2 heterocycles. The van der Waals surface area contributed by atoms with Gasteiger partial charge < -0.3 is 30.6 Å². The van der Waals surface area contributed by atoms with Gasteiger partial charge in [-0.2, -0.15) is 13.2 Å². The van der Waals surface area contributed by atoms with Gasteiger partial charge in [0.1, 0.15) is 11.6 Å². The molecule has 0 spiro atoms. The fourth-order valence-electron chi connectivity index (χ4n) is 5.61. The number of aliphatic hydroxyl groups is 2. The summed E-state index contributed by atoms with van der Waals surface area (Å²) in [4.78, 5) is 5.65. The molecular weight excluding hydrogens is 654 g/mol. The van der Waals surface area contributed by atoms with Gasteiger partial charge in [-0.15, -0.1) is 0 Å². The first-order chi connectivity index (χ1) is 21.9. The fourth-order valence-corrected chi connectivity index (χ4v) is 5.84. The molecule has 1 atom stereocenters. The summed E-state index contributed by atoms with van der Waals surface area (Å²) in [6.07, 6.45) is -4.84. The van der Waals surface area contributed by atoms with Gasteiger partial charge in [0, 0.05) is 63.3 Å². The zero-order valence-electron chi connectivity index (χ0n) is 24.3. The van der Waals surface area contributed by atoms with Gasteiger partial charge in [0.15, 0.2) is 13.7 Å². The molecule has 1 aliphatic rings. The third kappa shape index (κ3) is 6.42. The third-order valence-corrected chi connectivity index (χ3v) is 7.86. The Morgan fingerprint density at radius 1 is 1.09 bits per heavy atom. The van der Waals surface area contributed by atoms with E-state index in [9.17, 15) is 40.9 Å². The van der Waals surface area contributed by atoms with Crippen molar-refractivity contribution in [3.05, 3.63) is 107 Å². The maximum absolute atomic E-state index is 14.6. The molecule has 1 aromatic heterocycles. The zero-order chi connectivity index (χ0) is 34.6. The molecule has 0 saturated heterocycles. The molecule has 7 nitrogen and oxygen atoms in total. The summed E-state index contributed by atoms with van der Waals surface area (Å²) in [5.41, 5.74) is -1.24. The summed E-state index contributed by atoms with van der Waals surface area (Å²) in [5, 5.41) is 26.4. The van der Waals surface area contributed by atoms with Gasteiger partial charge in [0.2, 0.25) is 0 Å². The molecule has 0 bridgehead atoms. The van der Waals surface area contributed by atoms with Crippen LogP contribution >= 0.6 is 11.6 Å². The third-order valence-electron chi connectivity index (χ3n) is 7.52. The fraction of sp³-hybridized carbons (Fsp3) is 0.194. The minimum Gasteiger partial charge on any atom is -0.374 e. The lowest BCUT2D eigenvalue weighted by Gasteiger charge is -2.37. The number of hydrogen-bond acceptors (Lipinski definition) is 7. The van der Waals surface area contributed by atoms with Gasteiger partial charge >= 0.3 is 6.18 Å². The van der Waals surface area contributed by atoms with E-state index in [2.05, 4.69) is 28.8 Å². The van der Waals surface area contributed by atoms with Crippen LogP contribution in [0, 0.1) is 11.6 Å². The number of halogens is 8. The van der Waals surface area contributed by atoms with E-state index in [0.717, 1.165) is 41.7 Å². The summed E-state index contributed by atoms with van der Waals surface area (Å²) in [6, 6.07) is 4.93. The lowest BCUT2D eigenvalue weighted by molar-refractivity contribution is -0.136. The van der Waals surface area contributed by atoms with Crippen molar-refractivity contribution in [1.82, 2.24) is 10.3 Å². The Balaban J connectivity index is 1.88. The number of nitrogens with zero attached hydrogens (tertiary/aromatic N) is 3. The van der Waals surface area contributed by atoms with E-state index in [1.54, 1.807) is 0 Å². The Hall–Kier alpha value is -4.47. The van der Waals surface area contributed by atoms with Crippen LogP contribution in [-0.2, 0) is 6.18 Å². The normalized spacial score (nSPS) is 14.7. The Kier molecular flexibility index (Phi) is 8.86. The molecule has 5 rings (SSSR count). The lowest BCUT2D eigenvalue weighted by Crippen LogP contribution is -2.47. The van der Waals surface area contributed by atoms with Crippen LogP contribution in [0.15, 0.2) is 68.1 Å². The first-order valence-electron chi connectivity index (χ1n) is 13.6. The standard InChI is InChI=1S/C31H24BClF7N5O2/c1-4-45(31(32,46)47)29-24(44(3)13-25(36)37)10-22(27-26(29)14(2)42-28(27)18-7-15(34)5-6-21(18)33)43-23-12-41-11-19-17(23)8-16(35)9-20(19)30(38,39)40/h4-12,25,28,42-43,46-47H,1-2,13H2,3H3. The zero-order valence-corrected chi connectivity index (χ0v) is 25.1. The van der Waals surface area contributed by atoms with Gasteiger partial charge in [-0.1, -0.05) is 24.8 Å². The van der Waals surface area contributed by atoms with Crippen molar-refractivity contribution in [2.45, 2.75) is 24.5 Å². The molecule has 1 aliphatic heterocycles. The number of fused-ring (bicyclic) bond motifs is 2.